The maximum Gasteiger partial charge on any atom is 0.0458 e. The molecular weight excluding hydrogens is 314 g/mol. The van der Waals surface area contributed by atoms with Crippen LogP contribution in [0.3, 0.4) is 0 Å². The smallest absolute Gasteiger partial charge is 0.0458 e. The molecule has 1 fully saturated rings. The number of hydrogen-bond donors (Lipinski definition) is 2. The lowest BCUT2D eigenvalue weighted by atomic mass is 9.98. The second-order valence-electron chi connectivity index (χ2n) is 5.70. The Morgan fingerprint density at radius 3 is 3.10 bits per heavy atom. The molecule has 1 aliphatic heterocycles. The molecule has 0 radical (unpaired) electrons. The van der Waals surface area contributed by atoms with E-state index in [4.69, 9.17) is 5.73 Å². The highest BCUT2D eigenvalue weighted by atomic mass is 79.9. The molecule has 0 aliphatic carbocycles. The molecule has 1 aromatic carbocycles. The number of aromatic nitrogens is 1. The monoisotopic (exact) mass is 335 g/mol. The van der Waals surface area contributed by atoms with Crippen LogP contribution in [0.15, 0.2) is 28.9 Å². The second kappa shape index (κ2) is 6.29. The third kappa shape index (κ3) is 2.92. The van der Waals surface area contributed by atoms with Crippen molar-refractivity contribution in [1.82, 2.24) is 9.88 Å². The quantitative estimate of drug-likeness (QED) is 0.895. The lowest BCUT2D eigenvalue weighted by Crippen LogP contribution is -2.40. The van der Waals surface area contributed by atoms with Crippen LogP contribution >= 0.6 is 15.9 Å². The summed E-state index contributed by atoms with van der Waals surface area (Å²) in [5.74, 6) is 0. The predicted molar refractivity (Wildman–Crippen MR) is 87.7 cm³/mol. The number of nitrogens with two attached hydrogens (primary N) is 1. The maximum atomic E-state index is 5.77. The van der Waals surface area contributed by atoms with Crippen LogP contribution in [-0.2, 0) is 6.54 Å². The van der Waals surface area contributed by atoms with Crippen LogP contribution in [0.4, 0.5) is 0 Å². The fourth-order valence-corrected chi connectivity index (χ4v) is 3.65. The van der Waals surface area contributed by atoms with Gasteiger partial charge in [-0.25, -0.2) is 0 Å². The van der Waals surface area contributed by atoms with Crippen molar-refractivity contribution in [1.29, 1.82) is 0 Å². The summed E-state index contributed by atoms with van der Waals surface area (Å²) in [6, 6.07) is 7.09. The normalized spacial score (nSPS) is 20.6. The number of H-pyrrole nitrogens is 1. The molecule has 1 aliphatic rings. The molecule has 3 rings (SSSR count). The van der Waals surface area contributed by atoms with Gasteiger partial charge >= 0.3 is 0 Å². The first-order valence-corrected chi connectivity index (χ1v) is 8.27. The molecule has 2 aromatic rings. The SMILES string of the molecule is NCCC1CCCCN1Cc1c[nH]c2ccc(Br)cc12. The Labute approximate surface area is 128 Å². The summed E-state index contributed by atoms with van der Waals surface area (Å²) in [6.45, 7) is 3.02. The Hall–Kier alpha value is -0.840. The number of likely N-dealkylation sites (tertiary alicyclic amines) is 1. The van der Waals surface area contributed by atoms with Crippen molar-refractivity contribution in [3.8, 4) is 0 Å². The molecule has 1 saturated heterocycles. The first-order valence-electron chi connectivity index (χ1n) is 7.47. The van der Waals surface area contributed by atoms with Gasteiger partial charge in [0.25, 0.3) is 0 Å². The summed E-state index contributed by atoms with van der Waals surface area (Å²) >= 11 is 3.57. The van der Waals surface area contributed by atoms with Crippen molar-refractivity contribution in [2.45, 2.75) is 38.3 Å². The number of benzene rings is 1. The van der Waals surface area contributed by atoms with Crippen LogP contribution in [0.25, 0.3) is 10.9 Å². The molecule has 1 unspecified atom stereocenters. The molecule has 0 saturated carbocycles. The van der Waals surface area contributed by atoms with Gasteiger partial charge in [0.2, 0.25) is 0 Å². The van der Waals surface area contributed by atoms with E-state index >= 15 is 0 Å². The summed E-state index contributed by atoms with van der Waals surface area (Å²) in [5.41, 5.74) is 8.38. The Balaban J connectivity index is 1.82. The van der Waals surface area contributed by atoms with E-state index < -0.39 is 0 Å². The van der Waals surface area contributed by atoms with Gasteiger partial charge in [0.15, 0.2) is 0 Å². The van der Waals surface area contributed by atoms with Crippen molar-refractivity contribution in [2.75, 3.05) is 13.1 Å². The van der Waals surface area contributed by atoms with Crippen molar-refractivity contribution < 1.29 is 0 Å². The average molecular weight is 336 g/mol. The summed E-state index contributed by atoms with van der Waals surface area (Å²) in [6.07, 6.45) is 7.23. The third-order valence-electron chi connectivity index (χ3n) is 4.35. The van der Waals surface area contributed by atoms with Crippen LogP contribution in [0, 0.1) is 0 Å². The molecule has 3 N–H and O–H groups in total. The zero-order chi connectivity index (χ0) is 13.9. The van der Waals surface area contributed by atoms with Crippen molar-refractivity contribution in [3.05, 3.63) is 34.4 Å². The number of nitrogens with one attached hydrogen (secondary N) is 1. The summed E-state index contributed by atoms with van der Waals surface area (Å²) < 4.78 is 1.14. The highest BCUT2D eigenvalue weighted by Crippen LogP contribution is 2.27. The van der Waals surface area contributed by atoms with Crippen LogP contribution in [0.2, 0.25) is 0 Å². The highest BCUT2D eigenvalue weighted by molar-refractivity contribution is 9.10. The third-order valence-corrected chi connectivity index (χ3v) is 4.85. The van der Waals surface area contributed by atoms with Gasteiger partial charge in [-0.2, -0.15) is 0 Å². The fraction of sp³-hybridized carbons (Fsp3) is 0.500. The molecule has 0 bridgehead atoms. The largest absolute Gasteiger partial charge is 0.361 e. The standard InChI is InChI=1S/C16H22BrN3/c17-13-4-5-16-15(9-13)12(10-19-16)11-20-8-2-1-3-14(20)6-7-18/h4-5,9-10,14,19H,1-3,6-8,11,18H2. The summed E-state index contributed by atoms with van der Waals surface area (Å²) in [5, 5.41) is 1.33. The molecule has 1 atom stereocenters. The number of hydrogen-bond acceptors (Lipinski definition) is 2. The number of piperidine rings is 1. The van der Waals surface area contributed by atoms with Crippen molar-refractivity contribution in [2.24, 2.45) is 5.73 Å². The van der Waals surface area contributed by atoms with Crippen molar-refractivity contribution in [3.63, 3.8) is 0 Å². The van der Waals surface area contributed by atoms with Gasteiger partial charge in [-0.05, 0) is 56.1 Å². The van der Waals surface area contributed by atoms with Gasteiger partial charge in [0, 0.05) is 34.2 Å². The van der Waals surface area contributed by atoms with Gasteiger partial charge in [-0.1, -0.05) is 22.4 Å². The van der Waals surface area contributed by atoms with Gasteiger partial charge in [-0.15, -0.1) is 0 Å². The van der Waals surface area contributed by atoms with E-state index in [9.17, 15) is 0 Å². The first kappa shape index (κ1) is 14.1. The lowest BCUT2D eigenvalue weighted by molar-refractivity contribution is 0.134. The minimum atomic E-state index is 0.658. The lowest BCUT2D eigenvalue weighted by Gasteiger charge is -2.35. The van der Waals surface area contributed by atoms with E-state index in [1.165, 1.54) is 42.3 Å². The maximum absolute atomic E-state index is 5.77. The topological polar surface area (TPSA) is 45.0 Å². The van der Waals surface area contributed by atoms with E-state index in [0.29, 0.717) is 6.04 Å². The molecule has 3 nitrogen and oxygen atoms in total. The summed E-state index contributed by atoms with van der Waals surface area (Å²) in [7, 11) is 0. The van der Waals surface area contributed by atoms with Crippen LogP contribution < -0.4 is 5.73 Å². The number of aromatic amines is 1. The Kier molecular flexibility index (Phi) is 4.44. The molecule has 108 valence electrons. The highest BCUT2D eigenvalue weighted by Gasteiger charge is 2.22. The van der Waals surface area contributed by atoms with E-state index in [0.717, 1.165) is 24.0 Å². The predicted octanol–water partition coefficient (Wildman–Crippen LogP) is 3.63. The summed E-state index contributed by atoms with van der Waals surface area (Å²) in [4.78, 5) is 5.99. The fourth-order valence-electron chi connectivity index (χ4n) is 3.29. The number of halogens is 1. The minimum Gasteiger partial charge on any atom is -0.361 e. The Morgan fingerprint density at radius 1 is 1.35 bits per heavy atom. The Bertz CT molecular complexity index is 576. The molecule has 0 amide bonds. The molecule has 0 spiro atoms. The van der Waals surface area contributed by atoms with E-state index in [1.54, 1.807) is 0 Å². The minimum absolute atomic E-state index is 0.658. The van der Waals surface area contributed by atoms with Crippen molar-refractivity contribution >= 4 is 26.8 Å². The van der Waals surface area contributed by atoms with E-state index in [2.05, 4.69) is 50.2 Å². The molecule has 1 aromatic heterocycles. The zero-order valence-corrected chi connectivity index (χ0v) is 13.3. The number of rotatable bonds is 4. The second-order valence-corrected chi connectivity index (χ2v) is 6.62. The van der Waals surface area contributed by atoms with Crippen LogP contribution in [0.1, 0.15) is 31.2 Å². The molecule has 2 heterocycles. The van der Waals surface area contributed by atoms with Gasteiger partial charge in [0.1, 0.15) is 0 Å². The average Bonchev–Trinajstić information content (AvgIpc) is 2.84. The van der Waals surface area contributed by atoms with Gasteiger partial charge in [-0.3, -0.25) is 4.90 Å². The van der Waals surface area contributed by atoms with E-state index in [-0.39, 0.29) is 0 Å². The van der Waals surface area contributed by atoms with Crippen LogP contribution in [-0.4, -0.2) is 29.0 Å². The number of fused-ring (bicyclic) bond motifs is 1. The van der Waals surface area contributed by atoms with Gasteiger partial charge < -0.3 is 10.7 Å². The molecular formula is C16H22BrN3. The van der Waals surface area contributed by atoms with Gasteiger partial charge in [0.05, 0.1) is 0 Å². The first-order chi connectivity index (χ1) is 9.78. The number of nitrogens with zero attached hydrogens (tertiary/aromatic N) is 1. The van der Waals surface area contributed by atoms with E-state index in [1.807, 2.05) is 0 Å². The Morgan fingerprint density at radius 2 is 2.25 bits per heavy atom. The molecule has 20 heavy (non-hydrogen) atoms. The van der Waals surface area contributed by atoms with Crippen LogP contribution in [0.5, 0.6) is 0 Å². The zero-order valence-electron chi connectivity index (χ0n) is 11.7. The molecule has 4 heteroatoms.